The third-order valence-corrected chi connectivity index (χ3v) is 4.34. The van der Waals surface area contributed by atoms with Crippen LogP contribution in [0.1, 0.15) is 32.1 Å². The molecule has 1 atom stereocenters. The highest BCUT2D eigenvalue weighted by Crippen LogP contribution is 2.26. The van der Waals surface area contributed by atoms with E-state index in [-0.39, 0.29) is 5.82 Å². The Morgan fingerprint density at radius 3 is 2.75 bits per heavy atom. The van der Waals surface area contributed by atoms with Crippen LogP contribution in [0.15, 0.2) is 18.2 Å². The van der Waals surface area contributed by atoms with Gasteiger partial charge in [0.2, 0.25) is 0 Å². The first-order valence-electron chi connectivity index (χ1n) is 7.85. The first-order valence-corrected chi connectivity index (χ1v) is 7.85. The van der Waals surface area contributed by atoms with E-state index in [4.69, 9.17) is 0 Å². The second-order valence-corrected chi connectivity index (χ2v) is 5.88. The summed E-state index contributed by atoms with van der Waals surface area (Å²) in [6.45, 7) is 4.11. The zero-order valence-electron chi connectivity index (χ0n) is 12.0. The molecule has 0 spiro atoms. The van der Waals surface area contributed by atoms with Crippen LogP contribution in [0, 0.1) is 5.82 Å². The van der Waals surface area contributed by atoms with Crippen molar-refractivity contribution in [2.45, 2.75) is 38.1 Å². The molecule has 1 unspecified atom stereocenters. The van der Waals surface area contributed by atoms with Crippen molar-refractivity contribution >= 4 is 11.4 Å². The average Bonchev–Trinajstić information content (AvgIpc) is 2.85. The highest BCUT2D eigenvalue weighted by atomic mass is 19.1. The smallest absolute Gasteiger partial charge is 0.148 e. The SMILES string of the molecule is Fc1cc(NC2CCCNCC2)ccc1N1CCCC1. The number of rotatable bonds is 3. The maximum atomic E-state index is 14.2. The Morgan fingerprint density at radius 2 is 1.95 bits per heavy atom. The third-order valence-electron chi connectivity index (χ3n) is 4.34. The molecule has 110 valence electrons. The molecule has 2 heterocycles. The lowest BCUT2D eigenvalue weighted by atomic mass is 10.1. The minimum Gasteiger partial charge on any atom is -0.382 e. The number of halogens is 1. The first-order chi connectivity index (χ1) is 9.83. The molecule has 0 aliphatic carbocycles. The van der Waals surface area contributed by atoms with E-state index in [1.807, 2.05) is 12.1 Å². The lowest BCUT2D eigenvalue weighted by Crippen LogP contribution is -2.22. The molecule has 0 radical (unpaired) electrons. The van der Waals surface area contributed by atoms with Crippen LogP contribution in [-0.4, -0.2) is 32.2 Å². The zero-order valence-corrected chi connectivity index (χ0v) is 12.0. The molecule has 0 amide bonds. The lowest BCUT2D eigenvalue weighted by molar-refractivity contribution is 0.618. The summed E-state index contributed by atoms with van der Waals surface area (Å²) in [7, 11) is 0. The molecule has 2 fully saturated rings. The second kappa shape index (κ2) is 6.44. The number of anilines is 2. The number of hydrogen-bond donors (Lipinski definition) is 2. The molecule has 3 rings (SSSR count). The van der Waals surface area contributed by atoms with Crippen molar-refractivity contribution in [2.75, 3.05) is 36.4 Å². The third kappa shape index (κ3) is 3.23. The van der Waals surface area contributed by atoms with Gasteiger partial charge in [-0.05, 0) is 63.4 Å². The van der Waals surface area contributed by atoms with E-state index in [2.05, 4.69) is 15.5 Å². The summed E-state index contributed by atoms with van der Waals surface area (Å²) in [5, 5.41) is 6.88. The number of benzene rings is 1. The standard InChI is InChI=1S/C16H24FN3/c17-15-12-14(19-13-4-3-8-18-9-7-13)5-6-16(15)20-10-1-2-11-20/h5-6,12-13,18-19H,1-4,7-11H2. The minimum atomic E-state index is -0.0938. The Kier molecular flexibility index (Phi) is 4.41. The van der Waals surface area contributed by atoms with Gasteiger partial charge in [-0.15, -0.1) is 0 Å². The van der Waals surface area contributed by atoms with E-state index >= 15 is 0 Å². The van der Waals surface area contributed by atoms with Gasteiger partial charge in [0.15, 0.2) is 0 Å². The molecule has 4 heteroatoms. The fourth-order valence-electron chi connectivity index (χ4n) is 3.21. The predicted octanol–water partition coefficient (Wildman–Crippen LogP) is 2.98. The van der Waals surface area contributed by atoms with Gasteiger partial charge in [0.1, 0.15) is 5.82 Å². The van der Waals surface area contributed by atoms with Crippen LogP contribution in [0.2, 0.25) is 0 Å². The van der Waals surface area contributed by atoms with Crippen LogP contribution < -0.4 is 15.5 Å². The quantitative estimate of drug-likeness (QED) is 0.889. The monoisotopic (exact) mass is 277 g/mol. The van der Waals surface area contributed by atoms with Gasteiger partial charge in [-0.25, -0.2) is 4.39 Å². The number of nitrogens with zero attached hydrogens (tertiary/aromatic N) is 1. The predicted molar refractivity (Wildman–Crippen MR) is 82.0 cm³/mol. The van der Waals surface area contributed by atoms with E-state index in [1.165, 1.54) is 19.3 Å². The molecule has 1 aromatic carbocycles. The van der Waals surface area contributed by atoms with Crippen molar-refractivity contribution < 1.29 is 4.39 Å². The molecule has 0 saturated carbocycles. The largest absolute Gasteiger partial charge is 0.382 e. The summed E-state index contributed by atoms with van der Waals surface area (Å²) in [5.74, 6) is -0.0938. The number of hydrogen-bond acceptors (Lipinski definition) is 3. The molecule has 20 heavy (non-hydrogen) atoms. The molecule has 2 N–H and O–H groups in total. The van der Waals surface area contributed by atoms with Crippen LogP contribution in [0.25, 0.3) is 0 Å². The van der Waals surface area contributed by atoms with Gasteiger partial charge in [0, 0.05) is 24.8 Å². The molecule has 0 bridgehead atoms. The number of nitrogens with one attached hydrogen (secondary N) is 2. The van der Waals surface area contributed by atoms with Crippen molar-refractivity contribution in [1.82, 2.24) is 5.32 Å². The topological polar surface area (TPSA) is 27.3 Å². The van der Waals surface area contributed by atoms with Crippen molar-refractivity contribution in [3.8, 4) is 0 Å². The van der Waals surface area contributed by atoms with Crippen LogP contribution in [0.3, 0.4) is 0 Å². The van der Waals surface area contributed by atoms with Crippen molar-refractivity contribution in [1.29, 1.82) is 0 Å². The van der Waals surface area contributed by atoms with Gasteiger partial charge >= 0.3 is 0 Å². The molecule has 0 aromatic heterocycles. The Balaban J connectivity index is 1.66. The highest BCUT2D eigenvalue weighted by molar-refractivity contribution is 5.57. The Morgan fingerprint density at radius 1 is 1.10 bits per heavy atom. The van der Waals surface area contributed by atoms with Crippen LogP contribution in [0.5, 0.6) is 0 Å². The van der Waals surface area contributed by atoms with Gasteiger partial charge in [0.05, 0.1) is 5.69 Å². The van der Waals surface area contributed by atoms with Gasteiger partial charge < -0.3 is 15.5 Å². The molecule has 2 saturated heterocycles. The summed E-state index contributed by atoms with van der Waals surface area (Å²) < 4.78 is 14.2. The van der Waals surface area contributed by atoms with Crippen LogP contribution >= 0.6 is 0 Å². The Bertz CT molecular complexity index is 435. The van der Waals surface area contributed by atoms with Gasteiger partial charge in [0.25, 0.3) is 0 Å². The van der Waals surface area contributed by atoms with E-state index in [0.29, 0.717) is 6.04 Å². The fourth-order valence-corrected chi connectivity index (χ4v) is 3.21. The van der Waals surface area contributed by atoms with E-state index < -0.39 is 0 Å². The molecule has 1 aromatic rings. The molecular weight excluding hydrogens is 253 g/mol. The summed E-state index contributed by atoms with van der Waals surface area (Å²) >= 11 is 0. The first kappa shape index (κ1) is 13.7. The maximum absolute atomic E-state index is 14.2. The fraction of sp³-hybridized carbons (Fsp3) is 0.625. The van der Waals surface area contributed by atoms with Gasteiger partial charge in [-0.2, -0.15) is 0 Å². The second-order valence-electron chi connectivity index (χ2n) is 5.88. The van der Waals surface area contributed by atoms with Crippen molar-refractivity contribution in [2.24, 2.45) is 0 Å². The lowest BCUT2D eigenvalue weighted by Gasteiger charge is -2.21. The van der Waals surface area contributed by atoms with E-state index in [9.17, 15) is 4.39 Å². The summed E-state index contributed by atoms with van der Waals surface area (Å²) in [4.78, 5) is 2.15. The molecule has 2 aliphatic heterocycles. The summed E-state index contributed by atoms with van der Waals surface area (Å²) in [6, 6.07) is 6.07. The summed E-state index contributed by atoms with van der Waals surface area (Å²) in [5.41, 5.74) is 1.67. The minimum absolute atomic E-state index is 0.0938. The van der Waals surface area contributed by atoms with Crippen molar-refractivity contribution in [3.05, 3.63) is 24.0 Å². The van der Waals surface area contributed by atoms with Crippen molar-refractivity contribution in [3.63, 3.8) is 0 Å². The Hall–Kier alpha value is -1.29. The zero-order chi connectivity index (χ0) is 13.8. The van der Waals surface area contributed by atoms with Crippen LogP contribution in [0.4, 0.5) is 15.8 Å². The van der Waals surface area contributed by atoms with E-state index in [0.717, 1.165) is 50.4 Å². The molecule has 3 nitrogen and oxygen atoms in total. The van der Waals surface area contributed by atoms with E-state index in [1.54, 1.807) is 6.07 Å². The molecular formula is C16H24FN3. The average molecular weight is 277 g/mol. The summed E-state index contributed by atoms with van der Waals surface area (Å²) in [6.07, 6.45) is 5.80. The van der Waals surface area contributed by atoms with Gasteiger partial charge in [-0.1, -0.05) is 0 Å². The molecule has 2 aliphatic rings. The highest BCUT2D eigenvalue weighted by Gasteiger charge is 2.17. The maximum Gasteiger partial charge on any atom is 0.148 e. The van der Waals surface area contributed by atoms with Crippen LogP contribution in [-0.2, 0) is 0 Å². The Labute approximate surface area is 120 Å². The van der Waals surface area contributed by atoms with Gasteiger partial charge in [-0.3, -0.25) is 0 Å². The normalized spacial score (nSPS) is 23.6.